The van der Waals surface area contributed by atoms with Crippen molar-refractivity contribution in [1.29, 1.82) is 0 Å². The fraction of sp³-hybridized carbons (Fsp3) is 0.471. The topological polar surface area (TPSA) is 67.1 Å². The molecule has 0 saturated carbocycles. The second kappa shape index (κ2) is 7.90. The molecule has 1 aromatic heterocycles. The quantitative estimate of drug-likeness (QED) is 0.627. The van der Waals surface area contributed by atoms with Crippen LogP contribution in [0.4, 0.5) is 4.39 Å². The summed E-state index contributed by atoms with van der Waals surface area (Å²) in [6.45, 7) is 7.97. The molecule has 0 aliphatic carbocycles. The Hall–Kier alpha value is -2.44. The minimum Gasteiger partial charge on any atom is -0.357 e. The number of aryl methyl sites for hydroxylation is 1. The van der Waals surface area contributed by atoms with E-state index in [1.54, 1.807) is 16.8 Å². The lowest BCUT2D eigenvalue weighted by Gasteiger charge is -2.26. The summed E-state index contributed by atoms with van der Waals surface area (Å²) in [5.74, 6) is 1.27. The number of benzene rings is 1. The van der Waals surface area contributed by atoms with Crippen LogP contribution in [0.25, 0.3) is 0 Å². The molecule has 0 saturated heterocycles. The van der Waals surface area contributed by atoms with Gasteiger partial charge >= 0.3 is 0 Å². The number of hydrogen-bond donors (Lipinski definition) is 2. The number of halogens is 1. The molecular formula is C17H25FN6. The third-order valence-corrected chi connectivity index (χ3v) is 3.83. The van der Waals surface area contributed by atoms with Gasteiger partial charge in [-0.05, 0) is 24.6 Å². The Balaban J connectivity index is 2.03. The number of rotatable bonds is 6. The monoisotopic (exact) mass is 332 g/mol. The van der Waals surface area contributed by atoms with Crippen LogP contribution in [0.5, 0.6) is 0 Å². The Bertz CT molecular complexity index is 692. The highest BCUT2D eigenvalue weighted by Crippen LogP contribution is 2.22. The highest BCUT2D eigenvalue weighted by Gasteiger charge is 2.21. The molecule has 0 amide bonds. The van der Waals surface area contributed by atoms with Crippen molar-refractivity contribution in [2.24, 2.45) is 12.0 Å². The Labute approximate surface area is 142 Å². The van der Waals surface area contributed by atoms with Gasteiger partial charge in [-0.3, -0.25) is 4.68 Å². The summed E-state index contributed by atoms with van der Waals surface area (Å²) >= 11 is 0. The average Bonchev–Trinajstić information content (AvgIpc) is 2.95. The van der Waals surface area contributed by atoms with E-state index in [1.165, 1.54) is 12.4 Å². The molecule has 0 aliphatic rings. The van der Waals surface area contributed by atoms with E-state index in [1.807, 2.05) is 20.0 Å². The fourth-order valence-electron chi connectivity index (χ4n) is 2.27. The molecule has 6 nitrogen and oxygen atoms in total. The standard InChI is InChI=1S/C17H25FN6/c1-5-19-16(20-10-15-22-12-23-24(15)4)21-11-17(2,3)13-7-6-8-14(18)9-13/h6-9,12H,5,10-11H2,1-4H3,(H2,19,20,21). The first-order valence-corrected chi connectivity index (χ1v) is 8.03. The zero-order chi connectivity index (χ0) is 17.6. The van der Waals surface area contributed by atoms with E-state index in [2.05, 4.69) is 39.6 Å². The van der Waals surface area contributed by atoms with Gasteiger partial charge in [-0.15, -0.1) is 0 Å². The molecule has 0 atom stereocenters. The van der Waals surface area contributed by atoms with Crippen molar-refractivity contribution in [3.8, 4) is 0 Å². The van der Waals surface area contributed by atoms with Crippen LogP contribution >= 0.6 is 0 Å². The summed E-state index contributed by atoms with van der Waals surface area (Å²) in [7, 11) is 1.84. The summed E-state index contributed by atoms with van der Waals surface area (Å²) in [6.07, 6.45) is 1.51. The molecule has 1 aromatic carbocycles. The maximum atomic E-state index is 13.5. The molecule has 0 bridgehead atoms. The number of hydrogen-bond acceptors (Lipinski definition) is 3. The van der Waals surface area contributed by atoms with Crippen LogP contribution in [0.1, 0.15) is 32.2 Å². The van der Waals surface area contributed by atoms with Crippen LogP contribution in [0, 0.1) is 5.82 Å². The van der Waals surface area contributed by atoms with Crippen LogP contribution in [0.15, 0.2) is 35.6 Å². The number of aliphatic imine (C=N–C) groups is 1. The summed E-state index contributed by atoms with van der Waals surface area (Å²) in [5.41, 5.74) is 0.711. The van der Waals surface area contributed by atoms with E-state index >= 15 is 0 Å². The van der Waals surface area contributed by atoms with Crippen molar-refractivity contribution < 1.29 is 4.39 Å². The van der Waals surface area contributed by atoms with E-state index < -0.39 is 0 Å². The lowest BCUT2D eigenvalue weighted by atomic mass is 9.84. The molecule has 24 heavy (non-hydrogen) atoms. The van der Waals surface area contributed by atoms with Gasteiger partial charge in [0, 0.05) is 25.6 Å². The number of nitrogens with zero attached hydrogens (tertiary/aromatic N) is 4. The van der Waals surface area contributed by atoms with Crippen LogP contribution in [-0.2, 0) is 19.0 Å². The first-order chi connectivity index (χ1) is 11.4. The molecule has 0 spiro atoms. The minimum absolute atomic E-state index is 0.219. The van der Waals surface area contributed by atoms with Gasteiger partial charge in [0.25, 0.3) is 0 Å². The van der Waals surface area contributed by atoms with Crippen molar-refractivity contribution in [1.82, 2.24) is 25.4 Å². The molecule has 0 fully saturated rings. The third kappa shape index (κ3) is 4.78. The van der Waals surface area contributed by atoms with Gasteiger partial charge in [-0.25, -0.2) is 14.4 Å². The molecule has 0 aliphatic heterocycles. The molecule has 7 heteroatoms. The van der Waals surface area contributed by atoms with Crippen molar-refractivity contribution >= 4 is 5.96 Å². The Morgan fingerprint density at radius 2 is 2.12 bits per heavy atom. The summed E-state index contributed by atoms with van der Waals surface area (Å²) in [5, 5.41) is 10.6. The van der Waals surface area contributed by atoms with Gasteiger partial charge in [0.2, 0.25) is 0 Å². The number of guanidine groups is 1. The summed E-state index contributed by atoms with van der Waals surface area (Å²) in [6, 6.07) is 6.71. The maximum absolute atomic E-state index is 13.5. The van der Waals surface area contributed by atoms with Crippen molar-refractivity contribution in [2.75, 3.05) is 13.1 Å². The van der Waals surface area contributed by atoms with Gasteiger partial charge < -0.3 is 10.6 Å². The zero-order valence-corrected chi connectivity index (χ0v) is 14.7. The van der Waals surface area contributed by atoms with Gasteiger partial charge in [-0.1, -0.05) is 26.0 Å². The first kappa shape index (κ1) is 17.9. The largest absolute Gasteiger partial charge is 0.357 e. The molecule has 2 aromatic rings. The molecule has 130 valence electrons. The molecule has 0 unspecified atom stereocenters. The van der Waals surface area contributed by atoms with E-state index in [-0.39, 0.29) is 11.2 Å². The van der Waals surface area contributed by atoms with Gasteiger partial charge in [0.05, 0.1) is 0 Å². The predicted molar refractivity (Wildman–Crippen MR) is 93.2 cm³/mol. The molecular weight excluding hydrogens is 307 g/mol. The van der Waals surface area contributed by atoms with Crippen molar-refractivity contribution in [3.05, 3.63) is 47.8 Å². The SMILES string of the molecule is CCNC(=NCc1ncnn1C)NCC(C)(C)c1cccc(F)c1. The molecule has 2 rings (SSSR count). The van der Waals surface area contributed by atoms with E-state index in [4.69, 9.17) is 0 Å². The smallest absolute Gasteiger partial charge is 0.191 e. The zero-order valence-electron chi connectivity index (χ0n) is 14.7. The lowest BCUT2D eigenvalue weighted by Crippen LogP contribution is -2.43. The number of aromatic nitrogens is 3. The van der Waals surface area contributed by atoms with Gasteiger partial charge in [0.15, 0.2) is 5.96 Å². The second-order valence-electron chi connectivity index (χ2n) is 6.24. The number of nitrogens with one attached hydrogen (secondary N) is 2. The summed E-state index contributed by atoms with van der Waals surface area (Å²) < 4.78 is 15.2. The Morgan fingerprint density at radius 3 is 2.75 bits per heavy atom. The lowest BCUT2D eigenvalue weighted by molar-refractivity contribution is 0.503. The van der Waals surface area contributed by atoms with Crippen LogP contribution in [0.3, 0.4) is 0 Å². The van der Waals surface area contributed by atoms with Crippen LogP contribution in [0.2, 0.25) is 0 Å². The van der Waals surface area contributed by atoms with Crippen LogP contribution < -0.4 is 10.6 Å². The minimum atomic E-state index is -0.233. The molecule has 0 radical (unpaired) electrons. The normalized spacial score (nSPS) is 12.3. The fourth-order valence-corrected chi connectivity index (χ4v) is 2.27. The Kier molecular flexibility index (Phi) is 5.89. The first-order valence-electron chi connectivity index (χ1n) is 8.03. The second-order valence-corrected chi connectivity index (χ2v) is 6.24. The highest BCUT2D eigenvalue weighted by molar-refractivity contribution is 5.79. The van der Waals surface area contributed by atoms with Gasteiger partial charge in [-0.2, -0.15) is 5.10 Å². The van der Waals surface area contributed by atoms with Crippen LogP contribution in [-0.4, -0.2) is 33.8 Å². The van der Waals surface area contributed by atoms with Crippen molar-refractivity contribution in [2.45, 2.75) is 32.7 Å². The maximum Gasteiger partial charge on any atom is 0.191 e. The molecule has 2 N–H and O–H groups in total. The molecule has 1 heterocycles. The van der Waals surface area contributed by atoms with E-state index in [9.17, 15) is 4.39 Å². The third-order valence-electron chi connectivity index (χ3n) is 3.83. The predicted octanol–water partition coefficient (Wildman–Crippen LogP) is 1.99. The summed E-state index contributed by atoms with van der Waals surface area (Å²) in [4.78, 5) is 8.69. The van der Waals surface area contributed by atoms with E-state index in [0.29, 0.717) is 19.0 Å². The van der Waals surface area contributed by atoms with E-state index in [0.717, 1.165) is 17.9 Å². The van der Waals surface area contributed by atoms with Gasteiger partial charge in [0.1, 0.15) is 24.5 Å². The van der Waals surface area contributed by atoms with Crippen molar-refractivity contribution in [3.63, 3.8) is 0 Å². The average molecular weight is 332 g/mol. The highest BCUT2D eigenvalue weighted by atomic mass is 19.1. The Morgan fingerprint density at radius 1 is 1.33 bits per heavy atom.